The van der Waals surface area contributed by atoms with Gasteiger partial charge in [-0.2, -0.15) is 5.10 Å². The van der Waals surface area contributed by atoms with E-state index in [9.17, 15) is 4.79 Å². The molecule has 0 atom stereocenters. The Balaban J connectivity index is 2.36. The molecule has 1 aromatic heterocycles. The first-order valence-corrected chi connectivity index (χ1v) is 6.32. The highest BCUT2D eigenvalue weighted by atomic mass is 16.4. The van der Waals surface area contributed by atoms with Gasteiger partial charge in [-0.1, -0.05) is 29.8 Å². The first-order valence-electron chi connectivity index (χ1n) is 6.32. The van der Waals surface area contributed by atoms with Crippen LogP contribution in [0.2, 0.25) is 0 Å². The first kappa shape index (κ1) is 13.3. The number of carboxylic acids is 1. The third-order valence-electron chi connectivity index (χ3n) is 3.26. The lowest BCUT2D eigenvalue weighted by Crippen LogP contribution is -2.07. The van der Waals surface area contributed by atoms with E-state index in [1.165, 1.54) is 5.56 Å². The van der Waals surface area contributed by atoms with Crippen LogP contribution >= 0.6 is 0 Å². The third kappa shape index (κ3) is 2.84. The minimum Gasteiger partial charge on any atom is -0.481 e. The largest absolute Gasteiger partial charge is 0.481 e. The molecule has 1 N–H and O–H groups in total. The van der Waals surface area contributed by atoms with Crippen molar-refractivity contribution in [3.05, 3.63) is 41.2 Å². The highest BCUT2D eigenvalue weighted by molar-refractivity contribution is 5.69. The van der Waals surface area contributed by atoms with Crippen LogP contribution in [-0.4, -0.2) is 20.9 Å². The van der Waals surface area contributed by atoms with Crippen molar-refractivity contribution < 1.29 is 9.90 Å². The molecule has 0 fully saturated rings. The van der Waals surface area contributed by atoms with E-state index in [-0.39, 0.29) is 6.42 Å². The number of carbonyl (C=O) groups is 1. The van der Waals surface area contributed by atoms with Crippen LogP contribution < -0.4 is 0 Å². The molecule has 4 nitrogen and oxygen atoms in total. The van der Waals surface area contributed by atoms with Gasteiger partial charge in [-0.3, -0.25) is 9.48 Å². The number of benzene rings is 1. The molecular formula is C15H18N2O2. The number of hydrogen-bond donors (Lipinski definition) is 1. The van der Waals surface area contributed by atoms with Gasteiger partial charge in [0.2, 0.25) is 0 Å². The van der Waals surface area contributed by atoms with Crippen molar-refractivity contribution in [3.8, 4) is 11.1 Å². The Morgan fingerprint density at radius 3 is 2.42 bits per heavy atom. The van der Waals surface area contributed by atoms with Crippen molar-refractivity contribution in [1.29, 1.82) is 0 Å². The molecular weight excluding hydrogens is 240 g/mol. The highest BCUT2D eigenvalue weighted by Crippen LogP contribution is 2.27. The van der Waals surface area contributed by atoms with Crippen molar-refractivity contribution >= 4 is 5.97 Å². The van der Waals surface area contributed by atoms with E-state index in [4.69, 9.17) is 5.11 Å². The van der Waals surface area contributed by atoms with Crippen LogP contribution in [0.5, 0.6) is 0 Å². The maximum absolute atomic E-state index is 10.6. The van der Waals surface area contributed by atoms with Gasteiger partial charge in [0, 0.05) is 11.3 Å². The SMILES string of the molecule is Cc1ccc(-c2c(C)nn(CCC(=O)O)c2C)cc1. The monoisotopic (exact) mass is 258 g/mol. The van der Waals surface area contributed by atoms with Crippen LogP contribution in [0, 0.1) is 20.8 Å². The maximum Gasteiger partial charge on any atom is 0.305 e. The van der Waals surface area contributed by atoms with E-state index in [2.05, 4.69) is 36.3 Å². The molecule has 1 aromatic carbocycles. The van der Waals surface area contributed by atoms with Crippen molar-refractivity contribution in [1.82, 2.24) is 9.78 Å². The van der Waals surface area contributed by atoms with Crippen LogP contribution in [0.4, 0.5) is 0 Å². The Kier molecular flexibility index (Phi) is 3.69. The summed E-state index contributed by atoms with van der Waals surface area (Å²) in [4.78, 5) is 10.6. The van der Waals surface area contributed by atoms with Gasteiger partial charge in [0.1, 0.15) is 0 Å². The number of carboxylic acid groups (broad SMARTS) is 1. The average molecular weight is 258 g/mol. The second kappa shape index (κ2) is 5.26. The summed E-state index contributed by atoms with van der Waals surface area (Å²) >= 11 is 0. The predicted molar refractivity (Wildman–Crippen MR) is 74.1 cm³/mol. The summed E-state index contributed by atoms with van der Waals surface area (Å²) in [6.45, 7) is 6.41. The number of aromatic nitrogens is 2. The lowest BCUT2D eigenvalue weighted by Gasteiger charge is -2.05. The Bertz CT molecular complexity index is 597. The molecule has 1 heterocycles. The second-order valence-electron chi connectivity index (χ2n) is 4.78. The van der Waals surface area contributed by atoms with Crippen molar-refractivity contribution in [2.24, 2.45) is 0 Å². The van der Waals surface area contributed by atoms with Gasteiger partial charge in [-0.15, -0.1) is 0 Å². The summed E-state index contributed by atoms with van der Waals surface area (Å²) in [6, 6.07) is 8.30. The fourth-order valence-electron chi connectivity index (χ4n) is 2.25. The van der Waals surface area contributed by atoms with Gasteiger partial charge < -0.3 is 5.11 Å². The summed E-state index contributed by atoms with van der Waals surface area (Å²) in [6.07, 6.45) is 0.0926. The molecule has 0 aliphatic carbocycles. The normalized spacial score (nSPS) is 10.7. The van der Waals surface area contributed by atoms with Crippen LogP contribution in [0.25, 0.3) is 11.1 Å². The molecule has 0 bridgehead atoms. The molecule has 2 aromatic rings. The smallest absolute Gasteiger partial charge is 0.305 e. The molecule has 0 amide bonds. The quantitative estimate of drug-likeness (QED) is 0.917. The Morgan fingerprint density at radius 1 is 1.21 bits per heavy atom. The zero-order valence-electron chi connectivity index (χ0n) is 11.5. The Hall–Kier alpha value is -2.10. The van der Waals surface area contributed by atoms with Crippen LogP contribution in [-0.2, 0) is 11.3 Å². The molecule has 4 heteroatoms. The van der Waals surface area contributed by atoms with Gasteiger partial charge in [0.25, 0.3) is 0 Å². The predicted octanol–water partition coefficient (Wildman–Crippen LogP) is 2.95. The number of nitrogens with zero attached hydrogens (tertiary/aromatic N) is 2. The van der Waals surface area contributed by atoms with Crippen molar-refractivity contribution in [2.75, 3.05) is 0 Å². The van der Waals surface area contributed by atoms with Gasteiger partial charge in [0.15, 0.2) is 0 Å². The lowest BCUT2D eigenvalue weighted by molar-refractivity contribution is -0.137. The summed E-state index contributed by atoms with van der Waals surface area (Å²) in [7, 11) is 0. The Labute approximate surface area is 112 Å². The minimum absolute atomic E-state index is 0.0926. The zero-order valence-corrected chi connectivity index (χ0v) is 11.5. The molecule has 0 radical (unpaired) electrons. The van der Waals surface area contributed by atoms with E-state index in [0.29, 0.717) is 6.54 Å². The topological polar surface area (TPSA) is 55.1 Å². The summed E-state index contributed by atoms with van der Waals surface area (Å²) in [5.41, 5.74) is 5.40. The molecule has 2 rings (SSSR count). The molecule has 100 valence electrons. The van der Waals surface area contributed by atoms with E-state index >= 15 is 0 Å². The maximum atomic E-state index is 10.6. The standard InChI is InChI=1S/C15H18N2O2/c1-10-4-6-13(7-5-10)15-11(2)16-17(12(15)3)9-8-14(18)19/h4-7H,8-9H2,1-3H3,(H,18,19). The van der Waals surface area contributed by atoms with Crippen LogP contribution in [0.3, 0.4) is 0 Å². The van der Waals surface area contributed by atoms with Gasteiger partial charge in [-0.25, -0.2) is 0 Å². The molecule has 0 saturated carbocycles. The van der Waals surface area contributed by atoms with Crippen molar-refractivity contribution in [3.63, 3.8) is 0 Å². The van der Waals surface area contributed by atoms with Gasteiger partial charge in [-0.05, 0) is 26.3 Å². The fraction of sp³-hybridized carbons (Fsp3) is 0.333. The Morgan fingerprint density at radius 2 is 1.84 bits per heavy atom. The number of rotatable bonds is 4. The van der Waals surface area contributed by atoms with E-state index in [0.717, 1.165) is 22.5 Å². The van der Waals surface area contributed by atoms with Crippen molar-refractivity contribution in [2.45, 2.75) is 33.7 Å². The summed E-state index contributed by atoms with van der Waals surface area (Å²) in [5, 5.41) is 13.2. The third-order valence-corrected chi connectivity index (χ3v) is 3.26. The zero-order chi connectivity index (χ0) is 14.0. The van der Waals surface area contributed by atoms with Crippen LogP contribution in [0.15, 0.2) is 24.3 Å². The number of aryl methyl sites for hydroxylation is 3. The molecule has 0 saturated heterocycles. The summed E-state index contributed by atoms with van der Waals surface area (Å²) in [5.74, 6) is -0.801. The van der Waals surface area contributed by atoms with Crippen LogP contribution in [0.1, 0.15) is 23.4 Å². The van der Waals surface area contributed by atoms with E-state index in [1.807, 2.05) is 13.8 Å². The number of hydrogen-bond acceptors (Lipinski definition) is 2. The van der Waals surface area contributed by atoms with Gasteiger partial charge in [0.05, 0.1) is 18.7 Å². The van der Waals surface area contributed by atoms with Gasteiger partial charge >= 0.3 is 5.97 Å². The molecule has 19 heavy (non-hydrogen) atoms. The lowest BCUT2D eigenvalue weighted by atomic mass is 10.0. The molecule has 0 spiro atoms. The van der Waals surface area contributed by atoms with E-state index < -0.39 is 5.97 Å². The van der Waals surface area contributed by atoms with E-state index in [1.54, 1.807) is 4.68 Å². The fourth-order valence-corrected chi connectivity index (χ4v) is 2.25. The average Bonchev–Trinajstić information content (AvgIpc) is 2.63. The first-order chi connectivity index (χ1) is 8.99. The number of aliphatic carboxylic acids is 1. The molecule has 0 unspecified atom stereocenters. The second-order valence-corrected chi connectivity index (χ2v) is 4.78. The minimum atomic E-state index is -0.801. The highest BCUT2D eigenvalue weighted by Gasteiger charge is 2.13. The summed E-state index contributed by atoms with van der Waals surface area (Å²) < 4.78 is 1.78. The molecule has 0 aliphatic heterocycles. The molecule has 0 aliphatic rings.